The lowest BCUT2D eigenvalue weighted by atomic mass is 9.96. The number of carbonyl (C=O) groups excluding carboxylic acids is 1. The van der Waals surface area contributed by atoms with Crippen molar-refractivity contribution in [2.24, 2.45) is 13.0 Å². The second-order valence-electron chi connectivity index (χ2n) is 7.60. The van der Waals surface area contributed by atoms with Crippen LogP contribution >= 0.6 is 0 Å². The van der Waals surface area contributed by atoms with Gasteiger partial charge in [-0.1, -0.05) is 0 Å². The largest absolute Gasteiger partial charge is 0.350 e. The number of aromatic nitrogens is 4. The van der Waals surface area contributed by atoms with Gasteiger partial charge in [-0.2, -0.15) is 5.10 Å². The summed E-state index contributed by atoms with van der Waals surface area (Å²) >= 11 is 0. The van der Waals surface area contributed by atoms with Crippen LogP contribution < -0.4 is 5.32 Å². The summed E-state index contributed by atoms with van der Waals surface area (Å²) in [5.74, 6) is 0.159. The number of nitrogens with one attached hydrogen (secondary N) is 2. The van der Waals surface area contributed by atoms with Gasteiger partial charge in [0.05, 0.1) is 24.4 Å². The van der Waals surface area contributed by atoms with Crippen LogP contribution in [0.15, 0.2) is 43.0 Å². The van der Waals surface area contributed by atoms with Crippen LogP contribution in [0.2, 0.25) is 0 Å². The van der Waals surface area contributed by atoms with Crippen LogP contribution in [0.5, 0.6) is 0 Å². The second-order valence-corrected chi connectivity index (χ2v) is 7.60. The zero-order chi connectivity index (χ0) is 20.2. The molecule has 7 nitrogen and oxygen atoms in total. The van der Waals surface area contributed by atoms with Gasteiger partial charge in [0.1, 0.15) is 11.5 Å². The maximum Gasteiger partial charge on any atom is 0.269 e. The molecular weight excluding hydrogens is 371 g/mol. The predicted molar refractivity (Wildman–Crippen MR) is 108 cm³/mol. The number of aromatic amines is 1. The second kappa shape index (κ2) is 8.57. The van der Waals surface area contributed by atoms with E-state index in [2.05, 4.69) is 25.4 Å². The van der Waals surface area contributed by atoms with Crippen molar-refractivity contribution >= 4 is 5.91 Å². The Kier molecular flexibility index (Phi) is 5.71. The SMILES string of the molecule is Cn1cncc1C(=O)NCC1CCN(Cc2cn[nH]c2-c2ccc(F)cc2)CC1. The number of amides is 1. The molecule has 2 aromatic heterocycles. The van der Waals surface area contributed by atoms with Gasteiger partial charge < -0.3 is 9.88 Å². The fraction of sp³-hybridized carbons (Fsp3) is 0.381. The number of likely N-dealkylation sites (tertiary alicyclic amines) is 1. The molecule has 0 bridgehead atoms. The van der Waals surface area contributed by atoms with E-state index in [1.807, 2.05) is 13.2 Å². The Bertz CT molecular complexity index is 956. The average molecular weight is 396 g/mol. The first-order chi connectivity index (χ1) is 14.1. The number of halogens is 1. The van der Waals surface area contributed by atoms with Gasteiger partial charge in [-0.3, -0.25) is 14.8 Å². The van der Waals surface area contributed by atoms with Crippen LogP contribution in [0.1, 0.15) is 28.9 Å². The van der Waals surface area contributed by atoms with Crippen molar-refractivity contribution in [3.8, 4) is 11.3 Å². The van der Waals surface area contributed by atoms with Gasteiger partial charge in [-0.25, -0.2) is 9.37 Å². The van der Waals surface area contributed by atoms with Crippen molar-refractivity contribution in [1.29, 1.82) is 0 Å². The van der Waals surface area contributed by atoms with Crippen molar-refractivity contribution in [2.45, 2.75) is 19.4 Å². The topological polar surface area (TPSA) is 78.8 Å². The summed E-state index contributed by atoms with van der Waals surface area (Å²) in [4.78, 5) is 18.6. The number of imidazole rings is 1. The minimum absolute atomic E-state index is 0.0743. The summed E-state index contributed by atoms with van der Waals surface area (Å²) < 4.78 is 14.9. The Morgan fingerprint density at radius 1 is 1.24 bits per heavy atom. The summed E-state index contributed by atoms with van der Waals surface area (Å²) in [6.07, 6.45) is 7.13. The monoisotopic (exact) mass is 396 g/mol. The Hall–Kier alpha value is -3.00. The van der Waals surface area contributed by atoms with E-state index in [0.717, 1.165) is 49.3 Å². The molecule has 29 heavy (non-hydrogen) atoms. The molecule has 1 aromatic carbocycles. The zero-order valence-electron chi connectivity index (χ0n) is 16.4. The minimum Gasteiger partial charge on any atom is -0.350 e. The molecule has 1 saturated heterocycles. The van der Waals surface area contributed by atoms with Crippen LogP contribution in [-0.2, 0) is 13.6 Å². The van der Waals surface area contributed by atoms with E-state index in [1.165, 1.54) is 12.1 Å². The molecule has 0 saturated carbocycles. The third-order valence-corrected chi connectivity index (χ3v) is 5.55. The lowest BCUT2D eigenvalue weighted by molar-refractivity contribution is 0.0927. The van der Waals surface area contributed by atoms with Crippen molar-refractivity contribution in [3.05, 3.63) is 60.1 Å². The van der Waals surface area contributed by atoms with Crippen molar-refractivity contribution < 1.29 is 9.18 Å². The molecule has 3 heterocycles. The highest BCUT2D eigenvalue weighted by Crippen LogP contribution is 2.25. The summed E-state index contributed by atoms with van der Waals surface area (Å²) in [6, 6.07) is 6.46. The average Bonchev–Trinajstić information content (AvgIpc) is 3.37. The van der Waals surface area contributed by atoms with Crippen LogP contribution in [0.25, 0.3) is 11.3 Å². The van der Waals surface area contributed by atoms with E-state index in [0.29, 0.717) is 18.2 Å². The first-order valence-electron chi connectivity index (χ1n) is 9.85. The molecule has 1 aliphatic rings. The predicted octanol–water partition coefficient (Wildman–Crippen LogP) is 2.59. The summed E-state index contributed by atoms with van der Waals surface area (Å²) in [5, 5.41) is 10.2. The molecule has 0 aliphatic carbocycles. The van der Waals surface area contributed by atoms with Gasteiger partial charge in [-0.15, -0.1) is 0 Å². The van der Waals surface area contributed by atoms with Crippen LogP contribution in [0.4, 0.5) is 4.39 Å². The summed E-state index contributed by atoms with van der Waals surface area (Å²) in [7, 11) is 1.82. The summed E-state index contributed by atoms with van der Waals surface area (Å²) in [6.45, 7) is 3.43. The number of carbonyl (C=O) groups is 1. The number of aryl methyl sites for hydroxylation is 1. The van der Waals surface area contributed by atoms with Gasteiger partial charge in [0.15, 0.2) is 0 Å². The van der Waals surface area contributed by atoms with Crippen molar-refractivity contribution in [2.75, 3.05) is 19.6 Å². The van der Waals surface area contributed by atoms with Gasteiger partial charge in [0.25, 0.3) is 5.91 Å². The maximum absolute atomic E-state index is 13.2. The van der Waals surface area contributed by atoms with Gasteiger partial charge in [-0.05, 0) is 56.1 Å². The Morgan fingerprint density at radius 2 is 2.00 bits per heavy atom. The van der Waals surface area contributed by atoms with Gasteiger partial charge >= 0.3 is 0 Å². The number of rotatable bonds is 6. The Labute approximate surface area is 168 Å². The fourth-order valence-electron chi connectivity index (χ4n) is 3.79. The lowest BCUT2D eigenvalue weighted by Crippen LogP contribution is -2.38. The molecule has 0 unspecified atom stereocenters. The van der Waals surface area contributed by atoms with E-state index >= 15 is 0 Å². The van der Waals surface area contributed by atoms with E-state index in [-0.39, 0.29) is 11.7 Å². The number of H-pyrrole nitrogens is 1. The van der Waals surface area contributed by atoms with Crippen LogP contribution in [0.3, 0.4) is 0 Å². The summed E-state index contributed by atoms with van der Waals surface area (Å²) in [5.41, 5.74) is 3.57. The highest BCUT2D eigenvalue weighted by molar-refractivity contribution is 5.92. The van der Waals surface area contributed by atoms with Gasteiger partial charge in [0, 0.05) is 31.3 Å². The molecule has 2 N–H and O–H groups in total. The van der Waals surface area contributed by atoms with Crippen molar-refractivity contribution in [1.82, 2.24) is 30.0 Å². The molecule has 0 atom stereocenters. The number of piperidine rings is 1. The Morgan fingerprint density at radius 3 is 2.69 bits per heavy atom. The normalized spacial score (nSPS) is 15.5. The van der Waals surface area contributed by atoms with E-state index in [9.17, 15) is 9.18 Å². The molecule has 1 aliphatic heterocycles. The van der Waals surface area contributed by atoms with E-state index < -0.39 is 0 Å². The molecule has 1 amide bonds. The molecule has 3 aromatic rings. The number of hydrogen-bond donors (Lipinski definition) is 2. The third-order valence-electron chi connectivity index (χ3n) is 5.55. The molecule has 1 fully saturated rings. The third kappa shape index (κ3) is 4.54. The molecule has 0 spiro atoms. The van der Waals surface area contributed by atoms with Crippen LogP contribution in [-0.4, -0.2) is 50.2 Å². The first kappa shape index (κ1) is 19.3. The lowest BCUT2D eigenvalue weighted by Gasteiger charge is -2.32. The maximum atomic E-state index is 13.2. The smallest absolute Gasteiger partial charge is 0.269 e. The number of hydrogen-bond acceptors (Lipinski definition) is 4. The molecular formula is C21H25FN6O. The molecule has 152 valence electrons. The quantitative estimate of drug-likeness (QED) is 0.671. The molecule has 0 radical (unpaired) electrons. The van der Waals surface area contributed by atoms with Gasteiger partial charge in [0.2, 0.25) is 0 Å². The minimum atomic E-state index is -0.243. The number of nitrogens with zero attached hydrogens (tertiary/aromatic N) is 4. The molecule has 4 rings (SSSR count). The highest BCUT2D eigenvalue weighted by Gasteiger charge is 2.22. The Balaban J connectivity index is 1.28. The standard InChI is InChI=1S/C21H25FN6O/c1-27-14-23-12-19(27)21(29)24-10-15-6-8-28(9-7-15)13-17-11-25-26-20(17)16-2-4-18(22)5-3-16/h2-5,11-12,14-15H,6-10,13H2,1H3,(H,24,29)(H,25,26). The fourth-order valence-corrected chi connectivity index (χ4v) is 3.79. The van der Waals surface area contributed by atoms with E-state index in [4.69, 9.17) is 0 Å². The first-order valence-corrected chi connectivity index (χ1v) is 9.85. The zero-order valence-corrected chi connectivity index (χ0v) is 16.4. The number of benzene rings is 1. The van der Waals surface area contributed by atoms with Crippen LogP contribution in [0, 0.1) is 11.7 Å². The highest BCUT2D eigenvalue weighted by atomic mass is 19.1. The van der Waals surface area contributed by atoms with E-state index in [1.54, 1.807) is 29.2 Å². The van der Waals surface area contributed by atoms with Crippen molar-refractivity contribution in [3.63, 3.8) is 0 Å². The molecule has 8 heteroatoms.